The minimum atomic E-state index is -0.623. The summed E-state index contributed by atoms with van der Waals surface area (Å²) < 4.78 is 0. The Morgan fingerprint density at radius 1 is 1.37 bits per heavy atom. The number of nitrogens with zero attached hydrogens (tertiary/aromatic N) is 4. The predicted octanol–water partition coefficient (Wildman–Crippen LogP) is 3.33. The van der Waals surface area contributed by atoms with Crippen molar-refractivity contribution in [3.63, 3.8) is 0 Å². The minimum absolute atomic E-state index is 0.0602. The van der Waals surface area contributed by atoms with Gasteiger partial charge in [0.25, 0.3) is 0 Å². The fourth-order valence-corrected chi connectivity index (χ4v) is 2.58. The Labute approximate surface area is 113 Å². The zero-order valence-electron chi connectivity index (χ0n) is 11.3. The molecule has 100 valence electrons. The standard InChI is InChI=1S/C14H18N4O/c1-3-4-9-17-11(2)12-7-5-6-8-13(12)14(10-15)18(17)16-19/h5-8,11,14H,3-4,9H2,1-2H3. The first-order valence-corrected chi connectivity index (χ1v) is 6.62. The molecule has 0 bridgehead atoms. The lowest BCUT2D eigenvalue weighted by Gasteiger charge is -2.42. The molecule has 1 aromatic carbocycles. The van der Waals surface area contributed by atoms with Crippen LogP contribution < -0.4 is 0 Å². The maximum Gasteiger partial charge on any atom is 0.179 e. The predicted molar refractivity (Wildman–Crippen MR) is 72.5 cm³/mol. The van der Waals surface area contributed by atoms with Gasteiger partial charge in [-0.2, -0.15) is 15.4 Å². The minimum Gasteiger partial charge on any atom is -0.195 e. The fourth-order valence-electron chi connectivity index (χ4n) is 2.58. The van der Waals surface area contributed by atoms with Gasteiger partial charge in [-0.15, -0.1) is 4.91 Å². The molecule has 2 unspecified atom stereocenters. The van der Waals surface area contributed by atoms with Gasteiger partial charge in [0.1, 0.15) is 0 Å². The number of hydrogen-bond acceptors (Lipinski definition) is 4. The molecule has 5 nitrogen and oxygen atoms in total. The zero-order chi connectivity index (χ0) is 13.8. The second-order valence-corrected chi connectivity index (χ2v) is 4.76. The van der Waals surface area contributed by atoms with Gasteiger partial charge in [-0.3, -0.25) is 0 Å². The maximum atomic E-state index is 11.1. The van der Waals surface area contributed by atoms with Crippen LogP contribution in [-0.4, -0.2) is 16.7 Å². The molecule has 19 heavy (non-hydrogen) atoms. The van der Waals surface area contributed by atoms with Crippen LogP contribution in [0.5, 0.6) is 0 Å². The molecule has 0 amide bonds. The summed E-state index contributed by atoms with van der Waals surface area (Å²) in [5.74, 6) is 0. The van der Waals surface area contributed by atoms with Crippen molar-refractivity contribution < 1.29 is 0 Å². The van der Waals surface area contributed by atoms with E-state index < -0.39 is 6.04 Å². The van der Waals surface area contributed by atoms with Gasteiger partial charge in [0.2, 0.25) is 0 Å². The lowest BCUT2D eigenvalue weighted by molar-refractivity contribution is -0.0908. The molecule has 1 heterocycles. The second kappa shape index (κ2) is 5.81. The Kier molecular flexibility index (Phi) is 4.13. The second-order valence-electron chi connectivity index (χ2n) is 4.76. The third kappa shape index (κ3) is 2.32. The SMILES string of the molecule is CCCCN1C(C)c2ccccc2C(C#N)N1N=O. The van der Waals surface area contributed by atoms with E-state index in [9.17, 15) is 10.2 Å². The van der Waals surface area contributed by atoms with Crippen LogP contribution in [0.25, 0.3) is 0 Å². The molecule has 1 aliphatic rings. The van der Waals surface area contributed by atoms with Gasteiger partial charge in [-0.1, -0.05) is 37.6 Å². The summed E-state index contributed by atoms with van der Waals surface area (Å²) in [6, 6.07) is 9.39. The van der Waals surface area contributed by atoms with E-state index in [0.29, 0.717) is 0 Å². The Balaban J connectivity index is 2.43. The van der Waals surface area contributed by atoms with Crippen molar-refractivity contribution in [2.24, 2.45) is 5.29 Å². The van der Waals surface area contributed by atoms with Crippen LogP contribution in [0.2, 0.25) is 0 Å². The molecular formula is C14H18N4O. The van der Waals surface area contributed by atoms with Crippen molar-refractivity contribution >= 4 is 0 Å². The number of benzene rings is 1. The largest absolute Gasteiger partial charge is 0.195 e. The van der Waals surface area contributed by atoms with E-state index in [4.69, 9.17) is 0 Å². The molecule has 1 aromatic rings. The number of unbranched alkanes of at least 4 members (excludes halogenated alkanes) is 1. The summed E-state index contributed by atoms with van der Waals surface area (Å²) in [5, 5.41) is 15.6. The van der Waals surface area contributed by atoms with E-state index in [1.165, 1.54) is 5.12 Å². The summed E-state index contributed by atoms with van der Waals surface area (Å²) in [4.78, 5) is 11.1. The highest BCUT2D eigenvalue weighted by Gasteiger charge is 2.37. The van der Waals surface area contributed by atoms with Crippen molar-refractivity contribution in [2.75, 3.05) is 6.54 Å². The highest BCUT2D eigenvalue weighted by atomic mass is 16.3. The van der Waals surface area contributed by atoms with Crippen LogP contribution in [0, 0.1) is 16.2 Å². The molecule has 0 radical (unpaired) electrons. The van der Waals surface area contributed by atoms with Gasteiger partial charge in [0, 0.05) is 6.54 Å². The third-order valence-electron chi connectivity index (χ3n) is 3.63. The highest BCUT2D eigenvalue weighted by Crippen LogP contribution is 2.38. The van der Waals surface area contributed by atoms with Crippen LogP contribution >= 0.6 is 0 Å². The van der Waals surface area contributed by atoms with E-state index in [0.717, 1.165) is 30.5 Å². The summed E-state index contributed by atoms with van der Waals surface area (Å²) >= 11 is 0. The molecule has 5 heteroatoms. The number of hydrogen-bond donors (Lipinski definition) is 0. The Morgan fingerprint density at radius 3 is 2.63 bits per heavy atom. The van der Waals surface area contributed by atoms with Gasteiger partial charge >= 0.3 is 0 Å². The normalized spacial score (nSPS) is 22.7. The van der Waals surface area contributed by atoms with Crippen molar-refractivity contribution in [3.8, 4) is 6.07 Å². The van der Waals surface area contributed by atoms with Crippen LogP contribution in [0.1, 0.15) is 49.9 Å². The summed E-state index contributed by atoms with van der Waals surface area (Å²) in [5.41, 5.74) is 1.98. The first kappa shape index (κ1) is 13.5. The highest BCUT2D eigenvalue weighted by molar-refractivity contribution is 5.37. The van der Waals surface area contributed by atoms with E-state index in [2.05, 4.69) is 18.3 Å². The van der Waals surface area contributed by atoms with Crippen molar-refractivity contribution in [3.05, 3.63) is 40.3 Å². The third-order valence-corrected chi connectivity index (χ3v) is 3.63. The summed E-state index contributed by atoms with van der Waals surface area (Å²) in [6.07, 6.45) is 2.01. The molecule has 0 saturated heterocycles. The Morgan fingerprint density at radius 2 is 2.05 bits per heavy atom. The summed E-state index contributed by atoms with van der Waals surface area (Å²) in [6.45, 7) is 4.87. The van der Waals surface area contributed by atoms with E-state index >= 15 is 0 Å². The monoisotopic (exact) mass is 258 g/mol. The molecule has 2 rings (SSSR count). The van der Waals surface area contributed by atoms with Crippen LogP contribution in [0.4, 0.5) is 0 Å². The van der Waals surface area contributed by atoms with Crippen LogP contribution in [0.3, 0.4) is 0 Å². The molecule has 0 aromatic heterocycles. The quantitative estimate of drug-likeness (QED) is 0.777. The lowest BCUT2D eigenvalue weighted by Crippen LogP contribution is -2.46. The molecule has 2 atom stereocenters. The fraction of sp³-hybridized carbons (Fsp3) is 0.500. The van der Waals surface area contributed by atoms with Crippen molar-refractivity contribution in [1.82, 2.24) is 10.1 Å². The van der Waals surface area contributed by atoms with Crippen LogP contribution in [-0.2, 0) is 0 Å². The van der Waals surface area contributed by atoms with E-state index in [-0.39, 0.29) is 6.04 Å². The Bertz CT molecular complexity index is 496. The maximum absolute atomic E-state index is 11.1. The van der Waals surface area contributed by atoms with Gasteiger partial charge < -0.3 is 0 Å². The smallest absolute Gasteiger partial charge is 0.179 e. The van der Waals surface area contributed by atoms with Gasteiger partial charge in [-0.25, -0.2) is 0 Å². The summed E-state index contributed by atoms with van der Waals surface area (Å²) in [7, 11) is 0. The zero-order valence-corrected chi connectivity index (χ0v) is 11.3. The van der Waals surface area contributed by atoms with E-state index in [1.807, 2.05) is 36.2 Å². The average molecular weight is 258 g/mol. The number of nitroso groups, excluding NO2 is 1. The molecule has 1 aliphatic heterocycles. The molecule has 0 saturated carbocycles. The molecule has 0 fully saturated rings. The van der Waals surface area contributed by atoms with Gasteiger partial charge in [-0.05, 0) is 24.5 Å². The average Bonchev–Trinajstić information content (AvgIpc) is 2.46. The first-order valence-electron chi connectivity index (χ1n) is 6.62. The molecular weight excluding hydrogens is 240 g/mol. The number of rotatable bonds is 4. The number of hydrazine groups is 1. The van der Waals surface area contributed by atoms with Crippen molar-refractivity contribution in [1.29, 1.82) is 5.26 Å². The molecule has 0 N–H and O–H groups in total. The number of fused-ring (bicyclic) bond motifs is 1. The van der Waals surface area contributed by atoms with Crippen molar-refractivity contribution in [2.45, 2.75) is 38.8 Å². The molecule has 0 spiro atoms. The van der Waals surface area contributed by atoms with Gasteiger partial charge in [0.05, 0.1) is 17.4 Å². The number of nitriles is 1. The van der Waals surface area contributed by atoms with E-state index in [1.54, 1.807) is 0 Å². The first-order chi connectivity index (χ1) is 9.24. The Hall–Kier alpha value is -1.93. The topological polar surface area (TPSA) is 59.7 Å². The van der Waals surface area contributed by atoms with Gasteiger partial charge in [0.15, 0.2) is 6.04 Å². The van der Waals surface area contributed by atoms with Crippen LogP contribution in [0.15, 0.2) is 29.6 Å². The lowest BCUT2D eigenvalue weighted by atomic mass is 9.93. The molecule has 0 aliphatic carbocycles.